The van der Waals surface area contributed by atoms with Crippen LogP contribution >= 0.6 is 0 Å². The lowest BCUT2D eigenvalue weighted by Gasteiger charge is -2.26. The summed E-state index contributed by atoms with van der Waals surface area (Å²) in [5, 5.41) is 15.5. The summed E-state index contributed by atoms with van der Waals surface area (Å²) in [6.45, 7) is 3.03. The maximum absolute atomic E-state index is 4.51. The zero-order valence-corrected chi connectivity index (χ0v) is 13.9. The van der Waals surface area contributed by atoms with Crippen molar-refractivity contribution in [3.05, 3.63) is 71.3 Å². The van der Waals surface area contributed by atoms with Crippen LogP contribution in [-0.2, 0) is 19.4 Å². The monoisotopic (exact) mass is 321 g/mol. The van der Waals surface area contributed by atoms with Gasteiger partial charge in [0.15, 0.2) is 0 Å². The summed E-state index contributed by atoms with van der Waals surface area (Å²) in [5.41, 5.74) is 5.17. The van der Waals surface area contributed by atoms with E-state index in [1.54, 1.807) is 0 Å². The van der Waals surface area contributed by atoms with Gasteiger partial charge < -0.3 is 5.32 Å². The van der Waals surface area contributed by atoms with Crippen molar-refractivity contribution in [1.29, 1.82) is 0 Å². The Labute approximate surface area is 142 Å². The number of nitrogens with one attached hydrogen (secondary N) is 2. The van der Waals surface area contributed by atoms with Gasteiger partial charge in [-0.3, -0.25) is 9.78 Å². The Bertz CT molecular complexity index is 789. The number of H-pyrrole nitrogens is 1. The van der Waals surface area contributed by atoms with Gasteiger partial charge in [0.2, 0.25) is 0 Å². The van der Waals surface area contributed by atoms with Gasteiger partial charge in [0.1, 0.15) is 0 Å². The van der Waals surface area contributed by atoms with E-state index in [2.05, 4.69) is 58.0 Å². The molecular formula is C19H23N5. The Morgan fingerprint density at radius 3 is 3.04 bits per heavy atom. The Kier molecular flexibility index (Phi) is 4.17. The first-order valence-electron chi connectivity index (χ1n) is 8.61. The van der Waals surface area contributed by atoms with Crippen LogP contribution in [0.5, 0.6) is 0 Å². The number of benzene rings is 1. The second kappa shape index (κ2) is 6.61. The molecule has 2 heterocycles. The molecule has 0 saturated carbocycles. The molecule has 2 atom stereocenters. The Morgan fingerprint density at radius 1 is 1.29 bits per heavy atom. The third kappa shape index (κ3) is 3.26. The first kappa shape index (κ1) is 15.1. The Balaban J connectivity index is 1.38. The lowest BCUT2D eigenvalue weighted by Crippen LogP contribution is -2.36. The Morgan fingerprint density at radius 2 is 2.17 bits per heavy atom. The number of aromatic amines is 1. The molecule has 2 aromatic heterocycles. The van der Waals surface area contributed by atoms with Gasteiger partial charge in [0.25, 0.3) is 0 Å². The van der Waals surface area contributed by atoms with Gasteiger partial charge in [0, 0.05) is 29.5 Å². The van der Waals surface area contributed by atoms with E-state index in [9.17, 15) is 0 Å². The highest BCUT2D eigenvalue weighted by Crippen LogP contribution is 2.22. The first-order valence-corrected chi connectivity index (χ1v) is 8.61. The van der Waals surface area contributed by atoms with Crippen LogP contribution in [0.3, 0.4) is 0 Å². The number of hydrogen-bond acceptors (Lipinski definition) is 3. The molecule has 0 spiro atoms. The number of nitrogens with zero attached hydrogens (tertiary/aromatic N) is 3. The lowest BCUT2D eigenvalue weighted by molar-refractivity contribution is 0.412. The van der Waals surface area contributed by atoms with E-state index in [0.29, 0.717) is 12.1 Å². The lowest BCUT2D eigenvalue weighted by atomic mass is 9.93. The molecule has 3 aromatic rings. The SMILES string of the molecule is C[C@H](N[C@H]1CCc2[nH]ncc2C1)c1cnn(Cc2ccccc2)c1. The molecule has 0 fully saturated rings. The van der Waals surface area contributed by atoms with Crippen molar-refractivity contribution in [2.45, 2.75) is 44.8 Å². The van der Waals surface area contributed by atoms with Gasteiger partial charge in [-0.25, -0.2) is 0 Å². The standard InChI is InChI=1S/C19H23N5/c1-14(22-18-7-8-19-16(9-18)10-20-23-19)17-11-21-24(13-17)12-15-5-3-2-4-6-15/h2-6,10-11,13-14,18,22H,7-9,12H2,1H3,(H,20,23)/t14-,18-/m0/s1. The maximum Gasteiger partial charge on any atom is 0.0659 e. The fourth-order valence-electron chi connectivity index (χ4n) is 3.47. The van der Waals surface area contributed by atoms with Crippen LogP contribution in [-0.4, -0.2) is 26.0 Å². The smallest absolute Gasteiger partial charge is 0.0659 e. The van der Waals surface area contributed by atoms with Crippen LogP contribution in [0, 0.1) is 0 Å². The topological polar surface area (TPSA) is 58.5 Å². The molecule has 1 aliphatic carbocycles. The molecule has 24 heavy (non-hydrogen) atoms. The van der Waals surface area contributed by atoms with Crippen molar-refractivity contribution in [3.8, 4) is 0 Å². The number of aromatic nitrogens is 4. The summed E-state index contributed by atoms with van der Waals surface area (Å²) in [4.78, 5) is 0. The van der Waals surface area contributed by atoms with E-state index in [0.717, 1.165) is 25.8 Å². The predicted molar refractivity (Wildman–Crippen MR) is 93.7 cm³/mol. The van der Waals surface area contributed by atoms with Crippen LogP contribution in [0.15, 0.2) is 48.9 Å². The second-order valence-corrected chi connectivity index (χ2v) is 6.66. The zero-order valence-electron chi connectivity index (χ0n) is 13.9. The molecule has 0 radical (unpaired) electrons. The number of fused-ring (bicyclic) bond motifs is 1. The Hall–Kier alpha value is -2.40. The highest BCUT2D eigenvalue weighted by atomic mass is 15.3. The molecule has 0 unspecified atom stereocenters. The molecule has 0 saturated heterocycles. The molecule has 2 N–H and O–H groups in total. The van der Waals surface area contributed by atoms with Gasteiger partial charge in [0.05, 0.1) is 18.9 Å². The quantitative estimate of drug-likeness (QED) is 0.760. The summed E-state index contributed by atoms with van der Waals surface area (Å²) in [6, 6.07) is 11.2. The van der Waals surface area contributed by atoms with Crippen LogP contribution in [0.25, 0.3) is 0 Å². The molecule has 5 heteroatoms. The van der Waals surface area contributed by atoms with Crippen molar-refractivity contribution < 1.29 is 0 Å². The second-order valence-electron chi connectivity index (χ2n) is 6.66. The van der Waals surface area contributed by atoms with Crippen molar-refractivity contribution in [3.63, 3.8) is 0 Å². The summed E-state index contributed by atoms with van der Waals surface area (Å²) in [6.07, 6.45) is 9.37. The minimum Gasteiger partial charge on any atom is -0.307 e. The third-order valence-electron chi connectivity index (χ3n) is 4.84. The fourth-order valence-corrected chi connectivity index (χ4v) is 3.47. The summed E-state index contributed by atoms with van der Waals surface area (Å²) in [7, 11) is 0. The minimum atomic E-state index is 0.299. The van der Waals surface area contributed by atoms with Crippen LogP contribution in [0.4, 0.5) is 0 Å². The molecular weight excluding hydrogens is 298 g/mol. The van der Waals surface area contributed by atoms with E-state index in [4.69, 9.17) is 0 Å². The summed E-state index contributed by atoms with van der Waals surface area (Å²) in [5.74, 6) is 0. The average Bonchev–Trinajstić information content (AvgIpc) is 3.24. The molecule has 4 rings (SSSR count). The molecule has 0 amide bonds. The highest BCUT2D eigenvalue weighted by molar-refractivity contribution is 5.22. The van der Waals surface area contributed by atoms with Crippen LogP contribution in [0.2, 0.25) is 0 Å². The summed E-state index contributed by atoms with van der Waals surface area (Å²) >= 11 is 0. The molecule has 1 aromatic carbocycles. The highest BCUT2D eigenvalue weighted by Gasteiger charge is 2.22. The van der Waals surface area contributed by atoms with E-state index >= 15 is 0 Å². The normalized spacial score (nSPS) is 18.3. The average molecular weight is 321 g/mol. The van der Waals surface area contributed by atoms with Gasteiger partial charge in [-0.2, -0.15) is 10.2 Å². The molecule has 5 nitrogen and oxygen atoms in total. The van der Waals surface area contributed by atoms with E-state index in [1.165, 1.54) is 22.4 Å². The number of rotatable bonds is 5. The number of aryl methyl sites for hydroxylation is 1. The van der Waals surface area contributed by atoms with Gasteiger partial charge in [-0.1, -0.05) is 30.3 Å². The van der Waals surface area contributed by atoms with E-state index in [-0.39, 0.29) is 0 Å². The van der Waals surface area contributed by atoms with Crippen molar-refractivity contribution in [1.82, 2.24) is 25.3 Å². The fraction of sp³-hybridized carbons (Fsp3) is 0.368. The maximum atomic E-state index is 4.51. The minimum absolute atomic E-state index is 0.299. The molecule has 0 aliphatic heterocycles. The van der Waals surface area contributed by atoms with Crippen molar-refractivity contribution in [2.75, 3.05) is 0 Å². The molecule has 1 aliphatic rings. The summed E-state index contributed by atoms with van der Waals surface area (Å²) < 4.78 is 2.01. The van der Waals surface area contributed by atoms with Crippen molar-refractivity contribution in [2.24, 2.45) is 0 Å². The van der Waals surface area contributed by atoms with Gasteiger partial charge in [-0.15, -0.1) is 0 Å². The van der Waals surface area contributed by atoms with E-state index < -0.39 is 0 Å². The van der Waals surface area contributed by atoms with Gasteiger partial charge in [-0.05, 0) is 37.3 Å². The zero-order chi connectivity index (χ0) is 16.4. The molecule has 0 bridgehead atoms. The van der Waals surface area contributed by atoms with Crippen LogP contribution < -0.4 is 5.32 Å². The van der Waals surface area contributed by atoms with Crippen LogP contribution in [0.1, 0.15) is 41.8 Å². The molecule has 124 valence electrons. The largest absolute Gasteiger partial charge is 0.307 e. The van der Waals surface area contributed by atoms with Crippen molar-refractivity contribution >= 4 is 0 Å². The number of hydrogen-bond donors (Lipinski definition) is 2. The third-order valence-corrected chi connectivity index (χ3v) is 4.84. The van der Waals surface area contributed by atoms with E-state index in [1.807, 2.05) is 23.1 Å². The first-order chi connectivity index (χ1) is 11.8. The van der Waals surface area contributed by atoms with Gasteiger partial charge >= 0.3 is 0 Å². The predicted octanol–water partition coefficient (Wildman–Crippen LogP) is 2.86.